The maximum Gasteiger partial charge on any atom is 0.317 e. The van der Waals surface area contributed by atoms with Crippen molar-refractivity contribution in [2.75, 3.05) is 7.05 Å². The van der Waals surface area contributed by atoms with E-state index in [4.69, 9.17) is 5.11 Å². The number of rotatable bonds is 4. The van der Waals surface area contributed by atoms with Gasteiger partial charge in [0.25, 0.3) is 0 Å². The van der Waals surface area contributed by atoms with Crippen LogP contribution in [0.4, 0.5) is 4.79 Å². The normalized spacial score (nSPS) is 20.6. The number of carboxylic acids is 1. The maximum atomic E-state index is 12.0. The van der Waals surface area contributed by atoms with Crippen molar-refractivity contribution in [3.8, 4) is 0 Å². The molecule has 2 rings (SSSR count). The fourth-order valence-electron chi connectivity index (χ4n) is 2.10. The quantitative estimate of drug-likeness (QED) is 0.810. The monoisotopic (exact) mass is 275 g/mol. The second-order valence-corrected chi connectivity index (χ2v) is 4.84. The number of aliphatic carboxylic acids is 1. The van der Waals surface area contributed by atoms with E-state index in [2.05, 4.69) is 10.3 Å². The molecule has 106 valence electrons. The van der Waals surface area contributed by atoms with Crippen molar-refractivity contribution in [2.45, 2.75) is 19.0 Å². The highest BCUT2D eigenvalue weighted by Crippen LogP contribution is 2.18. The van der Waals surface area contributed by atoms with Gasteiger partial charge in [-0.3, -0.25) is 9.78 Å². The molecule has 1 aliphatic carbocycles. The van der Waals surface area contributed by atoms with Crippen LogP contribution in [0.2, 0.25) is 0 Å². The first-order valence-electron chi connectivity index (χ1n) is 6.38. The molecule has 2 unspecified atom stereocenters. The number of nitrogens with one attached hydrogen (secondary N) is 1. The lowest BCUT2D eigenvalue weighted by Crippen LogP contribution is -2.41. The Morgan fingerprint density at radius 2 is 2.30 bits per heavy atom. The highest BCUT2D eigenvalue weighted by molar-refractivity contribution is 5.76. The minimum Gasteiger partial charge on any atom is -0.481 e. The van der Waals surface area contributed by atoms with Crippen LogP contribution in [-0.4, -0.2) is 40.1 Å². The fraction of sp³-hybridized carbons (Fsp3) is 0.357. The number of carboxylic acid groups (broad SMARTS) is 1. The Kier molecular flexibility index (Phi) is 4.34. The minimum atomic E-state index is -0.860. The van der Waals surface area contributed by atoms with E-state index in [0.717, 1.165) is 5.56 Å². The van der Waals surface area contributed by atoms with Crippen LogP contribution in [0.15, 0.2) is 36.7 Å². The zero-order chi connectivity index (χ0) is 14.5. The molecule has 1 heterocycles. The van der Waals surface area contributed by atoms with Crippen LogP contribution in [0.3, 0.4) is 0 Å². The van der Waals surface area contributed by atoms with E-state index in [1.54, 1.807) is 36.5 Å². The highest BCUT2D eigenvalue weighted by Gasteiger charge is 2.26. The van der Waals surface area contributed by atoms with E-state index in [1.165, 1.54) is 0 Å². The molecule has 2 amide bonds. The average Bonchev–Trinajstić information content (AvgIpc) is 2.88. The fourth-order valence-corrected chi connectivity index (χ4v) is 2.10. The van der Waals surface area contributed by atoms with Gasteiger partial charge in [-0.2, -0.15) is 0 Å². The van der Waals surface area contributed by atoms with Crippen LogP contribution in [-0.2, 0) is 11.3 Å². The van der Waals surface area contributed by atoms with E-state index in [9.17, 15) is 9.59 Å². The SMILES string of the molecule is CN(Cc1cccnc1)C(=O)NC1C=CC(C(=O)O)C1. The van der Waals surface area contributed by atoms with Crippen molar-refractivity contribution in [2.24, 2.45) is 5.92 Å². The molecule has 6 nitrogen and oxygen atoms in total. The van der Waals surface area contributed by atoms with Gasteiger partial charge in [0.2, 0.25) is 0 Å². The van der Waals surface area contributed by atoms with Crippen molar-refractivity contribution in [3.63, 3.8) is 0 Å². The van der Waals surface area contributed by atoms with Crippen LogP contribution >= 0.6 is 0 Å². The van der Waals surface area contributed by atoms with Crippen molar-refractivity contribution in [3.05, 3.63) is 42.2 Å². The van der Waals surface area contributed by atoms with Gasteiger partial charge in [0, 0.05) is 26.0 Å². The van der Waals surface area contributed by atoms with Gasteiger partial charge in [-0.15, -0.1) is 0 Å². The predicted octanol–water partition coefficient (Wildman–Crippen LogP) is 1.25. The summed E-state index contributed by atoms with van der Waals surface area (Å²) in [5.41, 5.74) is 0.940. The summed E-state index contributed by atoms with van der Waals surface area (Å²) in [6.07, 6.45) is 7.14. The molecule has 0 aromatic carbocycles. The van der Waals surface area contributed by atoms with E-state index in [-0.39, 0.29) is 12.1 Å². The predicted molar refractivity (Wildman–Crippen MR) is 72.9 cm³/mol. The van der Waals surface area contributed by atoms with Crippen LogP contribution in [0.1, 0.15) is 12.0 Å². The molecule has 1 aromatic rings. The van der Waals surface area contributed by atoms with Gasteiger partial charge in [0.15, 0.2) is 0 Å². The lowest BCUT2D eigenvalue weighted by Gasteiger charge is -2.20. The smallest absolute Gasteiger partial charge is 0.317 e. The Balaban J connectivity index is 1.83. The van der Waals surface area contributed by atoms with Crippen LogP contribution in [0.25, 0.3) is 0 Å². The van der Waals surface area contributed by atoms with E-state index in [1.807, 2.05) is 12.1 Å². The molecule has 0 bridgehead atoms. The average molecular weight is 275 g/mol. The molecule has 6 heteroatoms. The first kappa shape index (κ1) is 14.0. The number of carbonyl (C=O) groups excluding carboxylic acids is 1. The summed E-state index contributed by atoms with van der Waals surface area (Å²) < 4.78 is 0. The third-order valence-electron chi connectivity index (χ3n) is 3.20. The molecule has 0 saturated carbocycles. The molecule has 0 aliphatic heterocycles. The standard InChI is InChI=1S/C14H17N3O3/c1-17(9-10-3-2-6-15-8-10)14(20)16-12-5-4-11(7-12)13(18)19/h2-6,8,11-12H,7,9H2,1H3,(H,16,20)(H,18,19). The number of pyridine rings is 1. The molecule has 2 atom stereocenters. The van der Waals surface area contributed by atoms with Crippen molar-refractivity contribution >= 4 is 12.0 Å². The van der Waals surface area contributed by atoms with Crippen molar-refractivity contribution < 1.29 is 14.7 Å². The van der Waals surface area contributed by atoms with E-state index < -0.39 is 11.9 Å². The number of hydrogen-bond donors (Lipinski definition) is 2. The Morgan fingerprint density at radius 1 is 1.50 bits per heavy atom. The first-order valence-corrected chi connectivity index (χ1v) is 6.38. The van der Waals surface area contributed by atoms with Crippen LogP contribution in [0.5, 0.6) is 0 Å². The van der Waals surface area contributed by atoms with Gasteiger partial charge in [0.05, 0.1) is 12.0 Å². The largest absolute Gasteiger partial charge is 0.481 e. The van der Waals surface area contributed by atoms with E-state index >= 15 is 0 Å². The molecule has 20 heavy (non-hydrogen) atoms. The second kappa shape index (κ2) is 6.18. The lowest BCUT2D eigenvalue weighted by atomic mass is 10.1. The minimum absolute atomic E-state index is 0.222. The molecule has 0 radical (unpaired) electrons. The van der Waals surface area contributed by atoms with Gasteiger partial charge in [-0.1, -0.05) is 18.2 Å². The Morgan fingerprint density at radius 3 is 2.90 bits per heavy atom. The summed E-state index contributed by atoms with van der Waals surface area (Å²) in [5.74, 6) is -1.37. The number of aromatic nitrogens is 1. The number of amides is 2. The molecule has 1 aromatic heterocycles. The van der Waals surface area contributed by atoms with Crippen molar-refractivity contribution in [1.82, 2.24) is 15.2 Å². The maximum absolute atomic E-state index is 12.0. The third-order valence-corrected chi connectivity index (χ3v) is 3.20. The molecular formula is C14H17N3O3. The topological polar surface area (TPSA) is 82.5 Å². The van der Waals surface area contributed by atoms with E-state index in [0.29, 0.717) is 13.0 Å². The molecule has 0 saturated heterocycles. The summed E-state index contributed by atoms with van der Waals surface area (Å²) in [7, 11) is 1.69. The van der Waals surface area contributed by atoms with Gasteiger partial charge in [0.1, 0.15) is 0 Å². The number of nitrogens with zero attached hydrogens (tertiary/aromatic N) is 2. The molecule has 0 fully saturated rings. The zero-order valence-corrected chi connectivity index (χ0v) is 11.2. The van der Waals surface area contributed by atoms with Gasteiger partial charge >= 0.3 is 12.0 Å². The molecule has 2 N–H and O–H groups in total. The van der Waals surface area contributed by atoms with Crippen LogP contribution in [0, 0.1) is 5.92 Å². The number of hydrogen-bond acceptors (Lipinski definition) is 3. The summed E-state index contributed by atoms with van der Waals surface area (Å²) in [5, 5.41) is 11.7. The summed E-state index contributed by atoms with van der Waals surface area (Å²) in [4.78, 5) is 28.4. The van der Waals surface area contributed by atoms with Crippen molar-refractivity contribution in [1.29, 1.82) is 0 Å². The molecule has 0 spiro atoms. The molecular weight excluding hydrogens is 258 g/mol. The second-order valence-electron chi connectivity index (χ2n) is 4.84. The third kappa shape index (κ3) is 3.57. The summed E-state index contributed by atoms with van der Waals surface area (Å²) in [6, 6.07) is 3.26. The summed E-state index contributed by atoms with van der Waals surface area (Å²) >= 11 is 0. The Labute approximate surface area is 117 Å². The highest BCUT2D eigenvalue weighted by atomic mass is 16.4. The van der Waals surface area contributed by atoms with Gasteiger partial charge in [-0.05, 0) is 18.1 Å². The Bertz CT molecular complexity index is 516. The summed E-state index contributed by atoms with van der Waals surface area (Å²) in [6.45, 7) is 0.457. The van der Waals surface area contributed by atoms with Gasteiger partial charge in [-0.25, -0.2) is 4.79 Å². The van der Waals surface area contributed by atoms with Crippen LogP contribution < -0.4 is 5.32 Å². The van der Waals surface area contributed by atoms with Gasteiger partial charge < -0.3 is 15.3 Å². The zero-order valence-electron chi connectivity index (χ0n) is 11.2. The lowest BCUT2D eigenvalue weighted by molar-refractivity contribution is -0.140. The number of carbonyl (C=O) groups is 2. The first-order chi connectivity index (χ1) is 9.56. The molecule has 1 aliphatic rings. The number of urea groups is 1. The Hall–Kier alpha value is -2.37.